The molecule has 0 aliphatic carbocycles. The maximum atomic E-state index is 13.1. The molecule has 0 amide bonds. The number of rotatable bonds is 10. The molecule has 0 unspecified atom stereocenters. The van der Waals surface area contributed by atoms with Crippen LogP contribution in [0.2, 0.25) is 0 Å². The predicted octanol–water partition coefficient (Wildman–Crippen LogP) is 3.45. The van der Waals surface area contributed by atoms with Crippen molar-refractivity contribution in [1.82, 2.24) is 4.90 Å². The normalized spacial score (nSPS) is 12.9. The van der Waals surface area contributed by atoms with Crippen molar-refractivity contribution in [3.05, 3.63) is 59.8 Å². The number of nitrogens with zero attached hydrogens (tertiary/aromatic N) is 1. The fourth-order valence-electron chi connectivity index (χ4n) is 2.45. The average molecular weight is 335 g/mol. The minimum atomic E-state index is -0.584. The summed E-state index contributed by atoms with van der Waals surface area (Å²) in [7, 11) is 0. The summed E-state index contributed by atoms with van der Waals surface area (Å²) in [6, 6.07) is 10.1. The van der Waals surface area contributed by atoms with E-state index in [1.54, 1.807) is 18.4 Å². The second-order valence-corrected chi connectivity index (χ2v) is 6.46. The van der Waals surface area contributed by atoms with Gasteiger partial charge in [0.15, 0.2) is 0 Å². The maximum absolute atomic E-state index is 13.1. The molecule has 0 spiro atoms. The Morgan fingerprint density at radius 1 is 1.12 bits per heavy atom. The molecule has 1 heterocycles. The Labute approximate surface area is 142 Å². The fourth-order valence-corrected chi connectivity index (χ4v) is 2.45. The van der Waals surface area contributed by atoms with Gasteiger partial charge in [0, 0.05) is 19.7 Å². The summed E-state index contributed by atoms with van der Waals surface area (Å²) in [5, 5.41) is 10.2. The maximum Gasteiger partial charge on any atom is 0.123 e. The van der Waals surface area contributed by atoms with Crippen LogP contribution in [0.1, 0.15) is 25.2 Å². The van der Waals surface area contributed by atoms with Crippen molar-refractivity contribution in [2.24, 2.45) is 5.92 Å². The lowest BCUT2D eigenvalue weighted by molar-refractivity contribution is 0.00460. The molecule has 1 aromatic heterocycles. The van der Waals surface area contributed by atoms with E-state index in [2.05, 4.69) is 18.7 Å². The zero-order valence-electron chi connectivity index (χ0n) is 14.3. The number of halogens is 1. The number of furan rings is 1. The van der Waals surface area contributed by atoms with E-state index in [0.29, 0.717) is 38.8 Å². The molecule has 0 radical (unpaired) electrons. The summed E-state index contributed by atoms with van der Waals surface area (Å²) < 4.78 is 24.0. The van der Waals surface area contributed by atoms with Gasteiger partial charge in [-0.25, -0.2) is 4.39 Å². The monoisotopic (exact) mass is 335 g/mol. The predicted molar refractivity (Wildman–Crippen MR) is 90.9 cm³/mol. The fraction of sp³-hybridized carbons (Fsp3) is 0.474. The molecular weight excluding hydrogens is 309 g/mol. The van der Waals surface area contributed by atoms with E-state index in [4.69, 9.17) is 9.15 Å². The highest BCUT2D eigenvalue weighted by atomic mass is 19.1. The molecule has 1 aromatic carbocycles. The zero-order valence-corrected chi connectivity index (χ0v) is 14.3. The van der Waals surface area contributed by atoms with Gasteiger partial charge in [0.2, 0.25) is 0 Å². The Hall–Kier alpha value is -1.69. The van der Waals surface area contributed by atoms with E-state index in [0.717, 1.165) is 11.3 Å². The summed E-state index contributed by atoms with van der Waals surface area (Å²) >= 11 is 0. The molecule has 0 saturated carbocycles. The molecule has 5 heteroatoms. The Morgan fingerprint density at radius 2 is 1.88 bits per heavy atom. The molecule has 0 bridgehead atoms. The lowest BCUT2D eigenvalue weighted by atomic mass is 10.2. The van der Waals surface area contributed by atoms with E-state index in [9.17, 15) is 9.50 Å². The molecule has 0 fully saturated rings. The first-order valence-electron chi connectivity index (χ1n) is 8.28. The van der Waals surface area contributed by atoms with Crippen molar-refractivity contribution >= 4 is 0 Å². The summed E-state index contributed by atoms with van der Waals surface area (Å²) in [5.74, 6) is 1.02. The molecule has 2 rings (SSSR count). The molecule has 24 heavy (non-hydrogen) atoms. The number of ether oxygens (including phenoxy) is 1. The third kappa shape index (κ3) is 6.83. The summed E-state index contributed by atoms with van der Waals surface area (Å²) in [6.45, 7) is 6.71. The van der Waals surface area contributed by atoms with Crippen LogP contribution in [-0.2, 0) is 17.8 Å². The van der Waals surface area contributed by atoms with Crippen LogP contribution >= 0.6 is 0 Å². The molecule has 0 saturated heterocycles. The van der Waals surface area contributed by atoms with Gasteiger partial charge >= 0.3 is 0 Å². The highest BCUT2D eigenvalue weighted by Crippen LogP contribution is 2.12. The third-order valence-electron chi connectivity index (χ3n) is 3.51. The van der Waals surface area contributed by atoms with Gasteiger partial charge in [0.25, 0.3) is 0 Å². The standard InChI is InChI=1S/C19H26FNO3/c1-15(2)13-23-14-18(22)11-21(12-19-4-3-9-24-19)10-16-5-7-17(20)8-6-16/h3-9,15,18,22H,10-14H2,1-2H3/t18-/m0/s1. The van der Waals surface area contributed by atoms with Crippen LogP contribution in [0, 0.1) is 11.7 Å². The van der Waals surface area contributed by atoms with Gasteiger partial charge < -0.3 is 14.3 Å². The van der Waals surface area contributed by atoms with Gasteiger partial charge in [-0.2, -0.15) is 0 Å². The minimum Gasteiger partial charge on any atom is -0.468 e. The van der Waals surface area contributed by atoms with Crippen molar-refractivity contribution in [3.63, 3.8) is 0 Å². The largest absolute Gasteiger partial charge is 0.468 e. The van der Waals surface area contributed by atoms with Crippen LogP contribution in [-0.4, -0.2) is 35.9 Å². The summed E-state index contributed by atoms with van der Waals surface area (Å²) in [6.07, 6.45) is 1.05. The smallest absolute Gasteiger partial charge is 0.123 e. The van der Waals surface area contributed by atoms with Gasteiger partial charge in [-0.3, -0.25) is 4.90 Å². The van der Waals surface area contributed by atoms with Crippen molar-refractivity contribution in [3.8, 4) is 0 Å². The highest BCUT2D eigenvalue weighted by Gasteiger charge is 2.15. The van der Waals surface area contributed by atoms with E-state index >= 15 is 0 Å². The van der Waals surface area contributed by atoms with E-state index in [1.165, 1.54) is 12.1 Å². The third-order valence-corrected chi connectivity index (χ3v) is 3.51. The van der Waals surface area contributed by atoms with Crippen molar-refractivity contribution < 1.29 is 18.7 Å². The molecule has 0 aliphatic rings. The lowest BCUT2D eigenvalue weighted by Crippen LogP contribution is -2.34. The second-order valence-electron chi connectivity index (χ2n) is 6.46. The number of hydrogen-bond donors (Lipinski definition) is 1. The first-order chi connectivity index (χ1) is 11.5. The number of aliphatic hydroxyl groups excluding tert-OH is 1. The molecular formula is C19H26FNO3. The van der Waals surface area contributed by atoms with Crippen molar-refractivity contribution in [2.45, 2.75) is 33.0 Å². The summed E-state index contributed by atoms with van der Waals surface area (Å²) in [5.41, 5.74) is 0.984. The van der Waals surface area contributed by atoms with Crippen molar-refractivity contribution in [2.75, 3.05) is 19.8 Å². The first-order valence-corrected chi connectivity index (χ1v) is 8.28. The van der Waals surface area contributed by atoms with Crippen LogP contribution in [0.3, 0.4) is 0 Å². The number of benzene rings is 1. The molecule has 1 atom stereocenters. The summed E-state index contributed by atoms with van der Waals surface area (Å²) in [4.78, 5) is 2.06. The highest BCUT2D eigenvalue weighted by molar-refractivity contribution is 5.16. The topological polar surface area (TPSA) is 45.8 Å². The SMILES string of the molecule is CC(C)COC[C@@H](O)CN(Cc1ccc(F)cc1)Cc1ccco1. The van der Waals surface area contributed by atoms with E-state index < -0.39 is 6.10 Å². The van der Waals surface area contributed by atoms with Gasteiger partial charge in [-0.15, -0.1) is 0 Å². The lowest BCUT2D eigenvalue weighted by Gasteiger charge is -2.24. The van der Waals surface area contributed by atoms with Crippen LogP contribution < -0.4 is 0 Å². The van der Waals surface area contributed by atoms with Crippen LogP contribution in [0.15, 0.2) is 47.1 Å². The molecule has 4 nitrogen and oxygen atoms in total. The van der Waals surface area contributed by atoms with Gasteiger partial charge in [0.1, 0.15) is 11.6 Å². The molecule has 132 valence electrons. The van der Waals surface area contributed by atoms with Crippen LogP contribution in [0.4, 0.5) is 4.39 Å². The van der Waals surface area contributed by atoms with Crippen LogP contribution in [0.25, 0.3) is 0 Å². The molecule has 2 aromatic rings. The average Bonchev–Trinajstić information content (AvgIpc) is 3.02. The quantitative estimate of drug-likeness (QED) is 0.722. The number of aliphatic hydroxyl groups is 1. The second kappa shape index (κ2) is 9.57. The van der Waals surface area contributed by atoms with E-state index in [-0.39, 0.29) is 5.82 Å². The number of hydrogen-bond acceptors (Lipinski definition) is 4. The molecule has 1 N–H and O–H groups in total. The Kier molecular flexibility index (Phi) is 7.43. The Bertz CT molecular complexity index is 569. The molecule has 0 aliphatic heterocycles. The van der Waals surface area contributed by atoms with Gasteiger partial charge in [-0.1, -0.05) is 26.0 Å². The van der Waals surface area contributed by atoms with E-state index in [1.807, 2.05) is 12.1 Å². The van der Waals surface area contributed by atoms with Gasteiger partial charge in [-0.05, 0) is 35.7 Å². The zero-order chi connectivity index (χ0) is 17.4. The first kappa shape index (κ1) is 18.6. The van der Waals surface area contributed by atoms with Crippen molar-refractivity contribution in [1.29, 1.82) is 0 Å². The Morgan fingerprint density at radius 3 is 2.50 bits per heavy atom. The van der Waals surface area contributed by atoms with Gasteiger partial charge in [0.05, 0.1) is 25.5 Å². The minimum absolute atomic E-state index is 0.251. The Balaban J connectivity index is 1.93. The van der Waals surface area contributed by atoms with Crippen LogP contribution in [0.5, 0.6) is 0 Å².